The summed E-state index contributed by atoms with van der Waals surface area (Å²) >= 11 is 0. The summed E-state index contributed by atoms with van der Waals surface area (Å²) in [7, 11) is 6.16. The summed E-state index contributed by atoms with van der Waals surface area (Å²) in [5.41, 5.74) is 6.00. The van der Waals surface area contributed by atoms with E-state index in [1.807, 2.05) is 7.05 Å². The zero-order valence-corrected chi connectivity index (χ0v) is 11.8. The van der Waals surface area contributed by atoms with Gasteiger partial charge >= 0.3 is 0 Å². The number of aryl methyl sites for hydroxylation is 2. The van der Waals surface area contributed by atoms with Crippen LogP contribution in [0, 0.1) is 13.8 Å². The van der Waals surface area contributed by atoms with E-state index >= 15 is 0 Å². The molecule has 0 fully saturated rings. The van der Waals surface area contributed by atoms with E-state index in [9.17, 15) is 0 Å². The fourth-order valence-electron chi connectivity index (χ4n) is 2.47. The summed E-state index contributed by atoms with van der Waals surface area (Å²) in [4.78, 5) is 6.95. The van der Waals surface area contributed by atoms with Crippen LogP contribution in [0.4, 0.5) is 5.69 Å². The lowest BCUT2D eigenvalue weighted by atomic mass is 10.0. The highest BCUT2D eigenvalue weighted by atomic mass is 15.1. The molecule has 1 heterocycles. The molecular weight excluding hydrogens is 222 g/mol. The third-order valence-electron chi connectivity index (χ3n) is 3.30. The smallest absolute Gasteiger partial charge is 0.0755 e. The van der Waals surface area contributed by atoms with Crippen LogP contribution in [0.25, 0.3) is 10.9 Å². The Morgan fingerprint density at radius 2 is 1.94 bits per heavy atom. The van der Waals surface area contributed by atoms with Crippen LogP contribution in [-0.2, 0) is 6.54 Å². The van der Waals surface area contributed by atoms with Gasteiger partial charge in [-0.05, 0) is 26.5 Å². The van der Waals surface area contributed by atoms with Crippen molar-refractivity contribution in [3.63, 3.8) is 0 Å². The Kier molecular flexibility index (Phi) is 3.53. The summed E-state index contributed by atoms with van der Waals surface area (Å²) < 4.78 is 0. The molecule has 0 atom stereocenters. The van der Waals surface area contributed by atoms with Crippen LogP contribution in [0.15, 0.2) is 18.2 Å². The molecular formula is C15H21N3. The molecule has 2 aromatic rings. The Morgan fingerprint density at radius 1 is 1.22 bits per heavy atom. The fraction of sp³-hybridized carbons (Fsp3) is 0.400. The van der Waals surface area contributed by atoms with Crippen molar-refractivity contribution in [3.8, 4) is 0 Å². The maximum Gasteiger partial charge on any atom is 0.0755 e. The van der Waals surface area contributed by atoms with Crippen LogP contribution in [0.1, 0.15) is 16.8 Å². The van der Waals surface area contributed by atoms with Gasteiger partial charge < -0.3 is 10.2 Å². The van der Waals surface area contributed by atoms with Gasteiger partial charge in [-0.1, -0.05) is 18.2 Å². The zero-order chi connectivity index (χ0) is 13.3. The van der Waals surface area contributed by atoms with Gasteiger partial charge in [0.2, 0.25) is 0 Å². The molecule has 0 radical (unpaired) electrons. The summed E-state index contributed by atoms with van der Waals surface area (Å²) in [6.45, 7) is 5.05. The first-order chi connectivity index (χ1) is 8.56. The Hall–Kier alpha value is -1.61. The number of aromatic nitrogens is 1. The van der Waals surface area contributed by atoms with Crippen molar-refractivity contribution < 1.29 is 0 Å². The molecule has 2 rings (SSSR count). The van der Waals surface area contributed by atoms with E-state index in [0.717, 1.165) is 17.8 Å². The van der Waals surface area contributed by atoms with Crippen molar-refractivity contribution >= 4 is 16.6 Å². The van der Waals surface area contributed by atoms with Gasteiger partial charge in [-0.2, -0.15) is 0 Å². The second-order valence-corrected chi connectivity index (χ2v) is 4.92. The molecule has 18 heavy (non-hydrogen) atoms. The first-order valence-electron chi connectivity index (χ1n) is 6.27. The van der Waals surface area contributed by atoms with Crippen molar-refractivity contribution in [2.24, 2.45) is 0 Å². The third-order valence-corrected chi connectivity index (χ3v) is 3.30. The average Bonchev–Trinajstić information content (AvgIpc) is 2.31. The maximum absolute atomic E-state index is 4.77. The highest BCUT2D eigenvalue weighted by Gasteiger charge is 2.14. The lowest BCUT2D eigenvalue weighted by Crippen LogP contribution is -2.17. The van der Waals surface area contributed by atoms with Crippen molar-refractivity contribution in [3.05, 3.63) is 35.0 Å². The Balaban J connectivity index is 2.85. The zero-order valence-electron chi connectivity index (χ0n) is 11.8. The number of anilines is 1. The summed E-state index contributed by atoms with van der Waals surface area (Å²) in [6, 6.07) is 6.38. The van der Waals surface area contributed by atoms with E-state index in [4.69, 9.17) is 4.98 Å². The minimum Gasteiger partial charge on any atom is -0.377 e. The van der Waals surface area contributed by atoms with E-state index in [1.165, 1.54) is 22.2 Å². The van der Waals surface area contributed by atoms with Crippen molar-refractivity contribution in [1.29, 1.82) is 0 Å². The number of fused-ring (bicyclic) bond motifs is 1. The van der Waals surface area contributed by atoms with Crippen molar-refractivity contribution in [2.45, 2.75) is 20.4 Å². The summed E-state index contributed by atoms with van der Waals surface area (Å²) in [6.07, 6.45) is 0. The molecule has 0 unspecified atom stereocenters. The minimum absolute atomic E-state index is 0.843. The van der Waals surface area contributed by atoms with Gasteiger partial charge in [0, 0.05) is 37.3 Å². The minimum atomic E-state index is 0.843. The van der Waals surface area contributed by atoms with Gasteiger partial charge in [-0.15, -0.1) is 0 Å². The molecule has 1 N–H and O–H groups in total. The van der Waals surface area contributed by atoms with E-state index in [-0.39, 0.29) is 0 Å². The van der Waals surface area contributed by atoms with Gasteiger partial charge in [-0.25, -0.2) is 0 Å². The molecule has 0 saturated carbocycles. The number of para-hydroxylation sites is 1. The largest absolute Gasteiger partial charge is 0.377 e. The second-order valence-electron chi connectivity index (χ2n) is 4.92. The Labute approximate surface area is 109 Å². The SMILES string of the molecule is CNCc1c(C)nc2c(C)cccc2c1N(C)C. The molecule has 96 valence electrons. The topological polar surface area (TPSA) is 28.2 Å². The van der Waals surface area contributed by atoms with Crippen molar-refractivity contribution in [2.75, 3.05) is 26.0 Å². The van der Waals surface area contributed by atoms with Gasteiger partial charge in [0.1, 0.15) is 0 Å². The van der Waals surface area contributed by atoms with Gasteiger partial charge in [0.05, 0.1) is 11.2 Å². The van der Waals surface area contributed by atoms with E-state index in [2.05, 4.69) is 56.4 Å². The molecule has 0 spiro atoms. The molecule has 0 aliphatic rings. The Morgan fingerprint density at radius 3 is 2.56 bits per heavy atom. The molecule has 0 aliphatic heterocycles. The number of hydrogen-bond donors (Lipinski definition) is 1. The van der Waals surface area contributed by atoms with Crippen LogP contribution >= 0.6 is 0 Å². The van der Waals surface area contributed by atoms with Gasteiger partial charge in [0.15, 0.2) is 0 Å². The maximum atomic E-state index is 4.77. The first-order valence-corrected chi connectivity index (χ1v) is 6.27. The molecule has 0 bridgehead atoms. The molecule has 1 aromatic carbocycles. The lowest BCUT2D eigenvalue weighted by Gasteiger charge is -2.22. The van der Waals surface area contributed by atoms with Gasteiger partial charge in [0.25, 0.3) is 0 Å². The molecule has 0 saturated heterocycles. The number of rotatable bonds is 3. The van der Waals surface area contributed by atoms with Crippen LogP contribution in [0.5, 0.6) is 0 Å². The van der Waals surface area contributed by atoms with Crippen LogP contribution in [-0.4, -0.2) is 26.1 Å². The quantitative estimate of drug-likeness (QED) is 0.898. The number of pyridine rings is 1. The molecule has 0 amide bonds. The number of nitrogens with zero attached hydrogens (tertiary/aromatic N) is 2. The number of nitrogens with one attached hydrogen (secondary N) is 1. The number of benzene rings is 1. The normalized spacial score (nSPS) is 10.9. The second kappa shape index (κ2) is 4.94. The van der Waals surface area contributed by atoms with Gasteiger partial charge in [-0.3, -0.25) is 4.98 Å². The average molecular weight is 243 g/mol. The molecule has 3 nitrogen and oxygen atoms in total. The molecule has 0 aliphatic carbocycles. The van der Waals surface area contributed by atoms with E-state index in [1.54, 1.807) is 0 Å². The van der Waals surface area contributed by atoms with Crippen LogP contribution in [0.3, 0.4) is 0 Å². The van der Waals surface area contributed by atoms with Crippen molar-refractivity contribution in [1.82, 2.24) is 10.3 Å². The monoisotopic (exact) mass is 243 g/mol. The lowest BCUT2D eigenvalue weighted by molar-refractivity contribution is 0.804. The van der Waals surface area contributed by atoms with E-state index in [0.29, 0.717) is 0 Å². The third kappa shape index (κ3) is 2.06. The molecule has 1 aromatic heterocycles. The van der Waals surface area contributed by atoms with E-state index < -0.39 is 0 Å². The highest BCUT2D eigenvalue weighted by molar-refractivity contribution is 5.95. The number of hydrogen-bond acceptors (Lipinski definition) is 3. The predicted molar refractivity (Wildman–Crippen MR) is 78.3 cm³/mol. The highest BCUT2D eigenvalue weighted by Crippen LogP contribution is 2.31. The van der Waals surface area contributed by atoms with Crippen LogP contribution < -0.4 is 10.2 Å². The fourth-order valence-corrected chi connectivity index (χ4v) is 2.47. The standard InChI is InChI=1S/C15H21N3/c1-10-7-6-8-12-14(10)17-11(2)13(9-16-3)15(12)18(4)5/h6-8,16H,9H2,1-5H3. The first kappa shape index (κ1) is 12.8. The Bertz CT molecular complexity index is 573. The van der Waals surface area contributed by atoms with Crippen LogP contribution in [0.2, 0.25) is 0 Å². The molecule has 3 heteroatoms. The summed E-state index contributed by atoms with van der Waals surface area (Å²) in [5.74, 6) is 0. The predicted octanol–water partition coefficient (Wildman–Crippen LogP) is 2.64. The summed E-state index contributed by atoms with van der Waals surface area (Å²) in [5, 5.41) is 4.47.